The van der Waals surface area contributed by atoms with Crippen LogP contribution in [0.25, 0.3) is 0 Å². The summed E-state index contributed by atoms with van der Waals surface area (Å²) in [4.78, 5) is 25.1. The standard InChI is InChI=1S/C22H31NO4/c1-27-22(26)11-7-2-3-8-16-23-19(13-15-21(23)25)12-14-20(24)17-18-9-5-4-6-10-18/h4-6,9-10,12,14,19-20,24H,2-3,7-8,11,13,15-17H2,1H3/b14-12+/t19-,20-/m0/s1. The van der Waals surface area contributed by atoms with E-state index in [9.17, 15) is 14.7 Å². The molecule has 0 bridgehead atoms. The summed E-state index contributed by atoms with van der Waals surface area (Å²) in [7, 11) is 1.41. The van der Waals surface area contributed by atoms with Crippen LogP contribution in [0.2, 0.25) is 0 Å². The van der Waals surface area contributed by atoms with Crippen molar-refractivity contribution in [3.63, 3.8) is 0 Å². The van der Waals surface area contributed by atoms with Crippen molar-refractivity contribution in [2.75, 3.05) is 13.7 Å². The summed E-state index contributed by atoms with van der Waals surface area (Å²) < 4.78 is 4.63. The van der Waals surface area contributed by atoms with E-state index in [1.807, 2.05) is 47.4 Å². The fourth-order valence-electron chi connectivity index (χ4n) is 3.43. The van der Waals surface area contributed by atoms with Crippen molar-refractivity contribution in [2.24, 2.45) is 0 Å². The molecular weight excluding hydrogens is 342 g/mol. The second kappa shape index (κ2) is 11.5. The first-order valence-electron chi connectivity index (χ1n) is 9.86. The highest BCUT2D eigenvalue weighted by Crippen LogP contribution is 2.21. The van der Waals surface area contributed by atoms with E-state index >= 15 is 0 Å². The zero-order valence-electron chi connectivity index (χ0n) is 16.2. The van der Waals surface area contributed by atoms with Gasteiger partial charge in [0.15, 0.2) is 0 Å². The first-order valence-corrected chi connectivity index (χ1v) is 9.86. The third-order valence-electron chi connectivity index (χ3n) is 4.98. The number of carbonyl (C=O) groups is 2. The summed E-state index contributed by atoms with van der Waals surface area (Å²) >= 11 is 0. The van der Waals surface area contributed by atoms with Gasteiger partial charge < -0.3 is 14.7 Å². The predicted molar refractivity (Wildman–Crippen MR) is 105 cm³/mol. The molecule has 1 fully saturated rings. The van der Waals surface area contributed by atoms with Crippen molar-refractivity contribution in [3.8, 4) is 0 Å². The number of ether oxygens (including phenoxy) is 1. The molecule has 1 heterocycles. The molecule has 0 spiro atoms. The van der Waals surface area contributed by atoms with Crippen molar-refractivity contribution < 1.29 is 19.4 Å². The Morgan fingerprint density at radius 3 is 2.74 bits per heavy atom. The number of unbranched alkanes of at least 4 members (excludes halogenated alkanes) is 3. The second-order valence-corrected chi connectivity index (χ2v) is 7.08. The smallest absolute Gasteiger partial charge is 0.305 e. The molecule has 148 valence electrons. The molecule has 1 aromatic carbocycles. The molecule has 1 N–H and O–H groups in total. The molecule has 0 unspecified atom stereocenters. The SMILES string of the molecule is COC(=O)CCCCCCN1C(=O)CC[C@@H]1/C=C/[C@H](O)Cc1ccccc1. The number of carbonyl (C=O) groups excluding carboxylic acids is 2. The van der Waals surface area contributed by atoms with Crippen molar-refractivity contribution in [1.29, 1.82) is 0 Å². The topological polar surface area (TPSA) is 66.8 Å². The average Bonchev–Trinajstić information content (AvgIpc) is 3.03. The molecule has 0 aliphatic carbocycles. The number of methoxy groups -OCH3 is 1. The van der Waals surface area contributed by atoms with Gasteiger partial charge in [-0.05, 0) is 24.8 Å². The molecule has 0 aromatic heterocycles. The largest absolute Gasteiger partial charge is 0.469 e. The Hall–Kier alpha value is -2.14. The molecule has 1 amide bonds. The van der Waals surface area contributed by atoms with Crippen molar-refractivity contribution >= 4 is 11.9 Å². The highest BCUT2D eigenvalue weighted by molar-refractivity contribution is 5.79. The fourth-order valence-corrected chi connectivity index (χ4v) is 3.43. The number of likely N-dealkylation sites (tertiary alicyclic amines) is 1. The number of rotatable bonds is 11. The van der Waals surface area contributed by atoms with E-state index in [-0.39, 0.29) is 17.9 Å². The lowest BCUT2D eigenvalue weighted by atomic mass is 10.1. The maximum Gasteiger partial charge on any atom is 0.305 e. The van der Waals surface area contributed by atoms with Crippen molar-refractivity contribution in [1.82, 2.24) is 4.90 Å². The van der Waals surface area contributed by atoms with Gasteiger partial charge in [0.1, 0.15) is 0 Å². The first kappa shape index (κ1) is 21.2. The van der Waals surface area contributed by atoms with E-state index in [2.05, 4.69) is 4.74 Å². The Balaban J connectivity index is 1.72. The van der Waals surface area contributed by atoms with Crippen molar-refractivity contribution in [2.45, 2.75) is 63.5 Å². The third kappa shape index (κ3) is 7.55. The number of amides is 1. The lowest BCUT2D eigenvalue weighted by Gasteiger charge is -2.22. The Bertz CT molecular complexity index is 614. The molecule has 1 aliphatic heterocycles. The van der Waals surface area contributed by atoms with E-state index in [1.165, 1.54) is 7.11 Å². The van der Waals surface area contributed by atoms with Gasteiger partial charge in [0, 0.05) is 25.8 Å². The third-order valence-corrected chi connectivity index (χ3v) is 4.98. The Labute approximate surface area is 162 Å². The monoisotopic (exact) mass is 373 g/mol. The number of aliphatic hydroxyl groups is 1. The number of hydrogen-bond donors (Lipinski definition) is 1. The van der Waals surface area contributed by atoms with Crippen LogP contribution >= 0.6 is 0 Å². The van der Waals surface area contributed by atoms with Crippen LogP contribution in [0.4, 0.5) is 0 Å². The summed E-state index contributed by atoms with van der Waals surface area (Å²) in [6, 6.07) is 9.98. The average molecular weight is 373 g/mol. The lowest BCUT2D eigenvalue weighted by molar-refractivity contribution is -0.140. The summed E-state index contributed by atoms with van der Waals surface area (Å²) in [5.74, 6) is 0.0285. The van der Waals surface area contributed by atoms with Gasteiger partial charge in [-0.25, -0.2) is 0 Å². The minimum atomic E-state index is -0.539. The van der Waals surface area contributed by atoms with Crippen molar-refractivity contribution in [3.05, 3.63) is 48.0 Å². The van der Waals surface area contributed by atoms with E-state index in [1.54, 1.807) is 0 Å². The molecule has 5 nitrogen and oxygen atoms in total. The van der Waals surface area contributed by atoms with Crippen LogP contribution in [0.15, 0.2) is 42.5 Å². The Kier molecular flexibility index (Phi) is 9.05. The molecule has 1 saturated heterocycles. The maximum absolute atomic E-state index is 12.1. The number of benzene rings is 1. The minimum absolute atomic E-state index is 0.0815. The fraction of sp³-hybridized carbons (Fsp3) is 0.545. The number of nitrogens with zero attached hydrogens (tertiary/aromatic N) is 1. The highest BCUT2D eigenvalue weighted by atomic mass is 16.5. The molecule has 1 aliphatic rings. The Morgan fingerprint density at radius 2 is 2.00 bits per heavy atom. The van der Waals surface area contributed by atoms with Gasteiger partial charge in [-0.2, -0.15) is 0 Å². The number of aliphatic hydroxyl groups excluding tert-OH is 1. The minimum Gasteiger partial charge on any atom is -0.469 e. The molecule has 5 heteroatoms. The first-order chi connectivity index (χ1) is 13.1. The van der Waals surface area contributed by atoms with Crippen LogP contribution in [0, 0.1) is 0 Å². The quantitative estimate of drug-likeness (QED) is 0.367. The van der Waals surface area contributed by atoms with Gasteiger partial charge in [-0.3, -0.25) is 9.59 Å². The summed E-state index contributed by atoms with van der Waals surface area (Å²) in [6.07, 6.45) is 9.42. The van der Waals surface area contributed by atoms with E-state index in [4.69, 9.17) is 0 Å². The van der Waals surface area contributed by atoms with Gasteiger partial charge in [0.2, 0.25) is 5.91 Å². The van der Waals surface area contributed by atoms with E-state index < -0.39 is 6.10 Å². The normalized spacial score (nSPS) is 18.2. The number of hydrogen-bond acceptors (Lipinski definition) is 4. The second-order valence-electron chi connectivity index (χ2n) is 7.08. The maximum atomic E-state index is 12.1. The van der Waals surface area contributed by atoms with Gasteiger partial charge >= 0.3 is 5.97 Å². The molecule has 0 saturated carbocycles. The van der Waals surface area contributed by atoms with Crippen LogP contribution in [-0.2, 0) is 20.7 Å². The van der Waals surface area contributed by atoms with Crippen LogP contribution in [0.5, 0.6) is 0 Å². The molecule has 0 radical (unpaired) electrons. The van der Waals surface area contributed by atoms with Gasteiger partial charge in [-0.1, -0.05) is 55.3 Å². The molecule has 1 aromatic rings. The Morgan fingerprint density at radius 1 is 1.26 bits per heavy atom. The van der Waals surface area contributed by atoms with Crippen LogP contribution < -0.4 is 0 Å². The van der Waals surface area contributed by atoms with Crippen LogP contribution in [-0.4, -0.2) is 47.7 Å². The molecule has 27 heavy (non-hydrogen) atoms. The summed E-state index contributed by atoms with van der Waals surface area (Å²) in [5.41, 5.74) is 1.10. The predicted octanol–water partition coefficient (Wildman–Crippen LogP) is 3.26. The van der Waals surface area contributed by atoms with Crippen LogP contribution in [0.3, 0.4) is 0 Å². The lowest BCUT2D eigenvalue weighted by Crippen LogP contribution is -2.32. The molecule has 2 rings (SSSR count). The van der Waals surface area contributed by atoms with E-state index in [0.717, 1.165) is 44.2 Å². The number of esters is 1. The van der Waals surface area contributed by atoms with Gasteiger partial charge in [0.05, 0.1) is 19.3 Å². The molecular formula is C22H31NO4. The van der Waals surface area contributed by atoms with Gasteiger partial charge in [-0.15, -0.1) is 0 Å². The molecule has 2 atom stereocenters. The summed E-state index contributed by atoms with van der Waals surface area (Å²) in [5, 5.41) is 10.2. The van der Waals surface area contributed by atoms with Gasteiger partial charge in [0.25, 0.3) is 0 Å². The summed E-state index contributed by atoms with van der Waals surface area (Å²) in [6.45, 7) is 0.737. The van der Waals surface area contributed by atoms with Crippen LogP contribution in [0.1, 0.15) is 50.5 Å². The zero-order valence-corrected chi connectivity index (χ0v) is 16.2. The highest BCUT2D eigenvalue weighted by Gasteiger charge is 2.28. The van der Waals surface area contributed by atoms with E-state index in [0.29, 0.717) is 19.3 Å². The zero-order chi connectivity index (χ0) is 19.5.